The summed E-state index contributed by atoms with van der Waals surface area (Å²) in [7, 11) is 1.70. The van der Waals surface area contributed by atoms with Gasteiger partial charge >= 0.3 is 0 Å². The molecule has 0 aromatic carbocycles. The van der Waals surface area contributed by atoms with Crippen molar-refractivity contribution < 1.29 is 9.53 Å². The summed E-state index contributed by atoms with van der Waals surface area (Å²) in [5.41, 5.74) is 0. The lowest BCUT2D eigenvalue weighted by Crippen LogP contribution is -2.46. The Balaban J connectivity index is 1.78. The second-order valence-electron chi connectivity index (χ2n) is 6.08. The van der Waals surface area contributed by atoms with E-state index in [9.17, 15) is 4.79 Å². The SMILES string of the molecule is CCNC(=NCCOc1cccnc1)N1CCC(CC(=O)NC)CC1. The molecule has 0 aliphatic carbocycles. The Hall–Kier alpha value is -2.31. The highest BCUT2D eigenvalue weighted by Crippen LogP contribution is 2.20. The van der Waals surface area contributed by atoms with E-state index in [4.69, 9.17) is 4.74 Å². The number of likely N-dealkylation sites (tertiary alicyclic amines) is 1. The number of carbonyl (C=O) groups is 1. The Labute approximate surface area is 149 Å². The zero-order chi connectivity index (χ0) is 17.9. The number of guanidine groups is 1. The molecule has 0 radical (unpaired) electrons. The third-order valence-electron chi connectivity index (χ3n) is 4.26. The van der Waals surface area contributed by atoms with Crippen LogP contribution >= 0.6 is 0 Å². The van der Waals surface area contributed by atoms with Crippen LogP contribution in [-0.2, 0) is 4.79 Å². The van der Waals surface area contributed by atoms with Crippen LogP contribution in [0.3, 0.4) is 0 Å². The fraction of sp³-hybridized carbons (Fsp3) is 0.611. The highest BCUT2D eigenvalue weighted by molar-refractivity contribution is 5.80. The van der Waals surface area contributed by atoms with E-state index >= 15 is 0 Å². The first kappa shape index (κ1) is 19.0. The summed E-state index contributed by atoms with van der Waals surface area (Å²) in [5, 5.41) is 6.05. The molecule has 7 heteroatoms. The molecular weight excluding hydrogens is 318 g/mol. The van der Waals surface area contributed by atoms with Crippen LogP contribution in [0, 0.1) is 5.92 Å². The van der Waals surface area contributed by atoms with Gasteiger partial charge in [-0.05, 0) is 37.8 Å². The lowest BCUT2D eigenvalue weighted by Gasteiger charge is -2.34. The molecule has 0 saturated carbocycles. The Kier molecular flexibility index (Phi) is 8.01. The summed E-state index contributed by atoms with van der Waals surface area (Å²) in [6, 6.07) is 3.74. The molecule has 1 fully saturated rings. The monoisotopic (exact) mass is 347 g/mol. The molecule has 1 aliphatic heterocycles. The van der Waals surface area contributed by atoms with Crippen molar-refractivity contribution in [3.63, 3.8) is 0 Å². The van der Waals surface area contributed by atoms with E-state index in [1.165, 1.54) is 0 Å². The molecular formula is C18H29N5O2. The third-order valence-corrected chi connectivity index (χ3v) is 4.26. The number of aromatic nitrogens is 1. The second kappa shape index (κ2) is 10.5. The number of nitrogens with zero attached hydrogens (tertiary/aromatic N) is 3. The zero-order valence-corrected chi connectivity index (χ0v) is 15.2. The summed E-state index contributed by atoms with van der Waals surface area (Å²) >= 11 is 0. The molecule has 138 valence electrons. The fourth-order valence-electron chi connectivity index (χ4n) is 2.89. The molecule has 7 nitrogen and oxygen atoms in total. The first-order valence-electron chi connectivity index (χ1n) is 8.99. The second-order valence-corrected chi connectivity index (χ2v) is 6.08. The number of carbonyl (C=O) groups excluding carboxylic acids is 1. The average Bonchev–Trinajstić information content (AvgIpc) is 2.65. The zero-order valence-electron chi connectivity index (χ0n) is 15.2. The van der Waals surface area contributed by atoms with Crippen molar-refractivity contribution in [1.82, 2.24) is 20.5 Å². The molecule has 1 saturated heterocycles. The molecule has 0 bridgehead atoms. The van der Waals surface area contributed by atoms with Crippen molar-refractivity contribution in [3.05, 3.63) is 24.5 Å². The minimum atomic E-state index is 0.131. The van der Waals surface area contributed by atoms with Gasteiger partial charge < -0.3 is 20.3 Å². The summed E-state index contributed by atoms with van der Waals surface area (Å²) in [6.45, 7) is 5.87. The third kappa shape index (κ3) is 6.60. The van der Waals surface area contributed by atoms with Gasteiger partial charge in [0.1, 0.15) is 12.4 Å². The molecule has 25 heavy (non-hydrogen) atoms. The molecule has 1 amide bonds. The van der Waals surface area contributed by atoms with Gasteiger partial charge in [-0.1, -0.05) is 0 Å². The van der Waals surface area contributed by atoms with Gasteiger partial charge in [-0.2, -0.15) is 0 Å². The van der Waals surface area contributed by atoms with E-state index in [0.29, 0.717) is 25.5 Å². The summed E-state index contributed by atoms with van der Waals surface area (Å²) < 4.78 is 5.63. The molecule has 1 aliphatic rings. The lowest BCUT2D eigenvalue weighted by atomic mass is 9.93. The Bertz CT molecular complexity index is 542. The first-order valence-corrected chi connectivity index (χ1v) is 8.99. The maximum Gasteiger partial charge on any atom is 0.220 e. The number of piperidine rings is 1. The maximum absolute atomic E-state index is 11.5. The number of nitrogens with one attached hydrogen (secondary N) is 2. The lowest BCUT2D eigenvalue weighted by molar-refractivity contribution is -0.121. The minimum absolute atomic E-state index is 0.131. The van der Waals surface area contributed by atoms with Gasteiger partial charge in [0.25, 0.3) is 0 Å². The number of rotatable bonds is 7. The molecule has 0 atom stereocenters. The molecule has 0 unspecified atom stereocenters. The van der Waals surface area contributed by atoms with Crippen LogP contribution in [0.4, 0.5) is 0 Å². The number of amides is 1. The number of hydrogen-bond acceptors (Lipinski definition) is 4. The average molecular weight is 347 g/mol. The van der Waals surface area contributed by atoms with Crippen molar-refractivity contribution in [3.8, 4) is 5.75 Å². The standard InChI is InChI=1S/C18H29N5O2/c1-3-21-18(22-9-12-25-16-5-4-8-20-14-16)23-10-6-15(7-11-23)13-17(24)19-2/h4-5,8,14-15H,3,6-7,9-13H2,1-2H3,(H,19,24)(H,21,22). The van der Waals surface area contributed by atoms with E-state index in [0.717, 1.165) is 44.2 Å². The quantitative estimate of drug-likeness (QED) is 0.441. The minimum Gasteiger partial charge on any atom is -0.490 e. The van der Waals surface area contributed by atoms with Gasteiger partial charge in [-0.15, -0.1) is 0 Å². The van der Waals surface area contributed by atoms with Crippen LogP contribution in [0.25, 0.3) is 0 Å². The van der Waals surface area contributed by atoms with E-state index in [-0.39, 0.29) is 5.91 Å². The number of ether oxygens (including phenoxy) is 1. The van der Waals surface area contributed by atoms with Gasteiger partial charge in [0.2, 0.25) is 5.91 Å². The molecule has 0 spiro atoms. The summed E-state index contributed by atoms with van der Waals surface area (Å²) in [5.74, 6) is 2.29. The van der Waals surface area contributed by atoms with Crippen LogP contribution in [-0.4, -0.2) is 61.6 Å². The van der Waals surface area contributed by atoms with Gasteiger partial charge in [0, 0.05) is 39.3 Å². The molecule has 1 aromatic rings. The van der Waals surface area contributed by atoms with E-state index in [1.807, 2.05) is 12.1 Å². The smallest absolute Gasteiger partial charge is 0.220 e. The van der Waals surface area contributed by atoms with E-state index in [1.54, 1.807) is 19.4 Å². The fourth-order valence-corrected chi connectivity index (χ4v) is 2.89. The molecule has 2 heterocycles. The van der Waals surface area contributed by atoms with Gasteiger partial charge in [-0.25, -0.2) is 4.99 Å². The normalized spacial score (nSPS) is 15.8. The van der Waals surface area contributed by atoms with Gasteiger partial charge in [0.05, 0.1) is 12.7 Å². The van der Waals surface area contributed by atoms with Crippen molar-refractivity contribution >= 4 is 11.9 Å². The van der Waals surface area contributed by atoms with Crippen LogP contribution in [0.2, 0.25) is 0 Å². The Morgan fingerprint density at radius 2 is 2.24 bits per heavy atom. The van der Waals surface area contributed by atoms with Crippen LogP contribution in [0.5, 0.6) is 5.75 Å². The maximum atomic E-state index is 11.5. The number of aliphatic imine (C=N–C) groups is 1. The predicted molar refractivity (Wildman–Crippen MR) is 98.7 cm³/mol. The molecule has 2 N–H and O–H groups in total. The van der Waals surface area contributed by atoms with Crippen molar-refractivity contribution in [2.24, 2.45) is 10.9 Å². The topological polar surface area (TPSA) is 78.9 Å². The number of hydrogen-bond donors (Lipinski definition) is 2. The molecule has 2 rings (SSSR count). The van der Waals surface area contributed by atoms with E-state index in [2.05, 4.69) is 32.4 Å². The predicted octanol–water partition coefficient (Wildman–Crippen LogP) is 1.27. The molecule has 1 aromatic heterocycles. The van der Waals surface area contributed by atoms with Crippen molar-refractivity contribution in [1.29, 1.82) is 0 Å². The largest absolute Gasteiger partial charge is 0.490 e. The van der Waals surface area contributed by atoms with E-state index < -0.39 is 0 Å². The Morgan fingerprint density at radius 1 is 1.44 bits per heavy atom. The first-order chi connectivity index (χ1) is 12.2. The Morgan fingerprint density at radius 3 is 2.88 bits per heavy atom. The van der Waals surface area contributed by atoms with Crippen LogP contribution in [0.15, 0.2) is 29.5 Å². The van der Waals surface area contributed by atoms with Crippen molar-refractivity contribution in [2.45, 2.75) is 26.2 Å². The van der Waals surface area contributed by atoms with Crippen LogP contribution < -0.4 is 15.4 Å². The van der Waals surface area contributed by atoms with Gasteiger partial charge in [-0.3, -0.25) is 9.78 Å². The summed E-state index contributed by atoms with van der Waals surface area (Å²) in [4.78, 5) is 22.5. The van der Waals surface area contributed by atoms with Gasteiger partial charge in [0.15, 0.2) is 5.96 Å². The summed E-state index contributed by atoms with van der Waals surface area (Å²) in [6.07, 6.45) is 6.08. The highest BCUT2D eigenvalue weighted by Gasteiger charge is 2.22. The highest BCUT2D eigenvalue weighted by atomic mass is 16.5. The van der Waals surface area contributed by atoms with Crippen molar-refractivity contribution in [2.75, 3.05) is 39.8 Å². The number of pyridine rings is 1. The van der Waals surface area contributed by atoms with Crippen LogP contribution in [0.1, 0.15) is 26.2 Å².